The molecule has 0 heterocycles. The molecule has 0 radical (unpaired) electrons. The summed E-state index contributed by atoms with van der Waals surface area (Å²) in [6.45, 7) is 8.31. The molecule has 0 aromatic heterocycles. The summed E-state index contributed by atoms with van der Waals surface area (Å²) in [5.74, 6) is 0.896. The first-order valence-electron chi connectivity index (χ1n) is 7.69. The molecule has 2 heteroatoms. The topological polar surface area (TPSA) is 15.3 Å². The molecule has 0 aromatic carbocycles. The maximum Gasteiger partial charge on any atom is 0.0107 e. The molecule has 1 fully saturated rings. The normalized spacial score (nSPS) is 24.7. The van der Waals surface area contributed by atoms with Crippen molar-refractivity contribution in [2.24, 2.45) is 5.92 Å². The van der Waals surface area contributed by atoms with Crippen LogP contribution in [0.25, 0.3) is 0 Å². The molecule has 102 valence electrons. The van der Waals surface area contributed by atoms with Gasteiger partial charge in [0.2, 0.25) is 0 Å². The molecule has 1 aliphatic rings. The fraction of sp³-hybridized carbons (Fsp3) is 1.00. The van der Waals surface area contributed by atoms with E-state index in [0.29, 0.717) is 0 Å². The monoisotopic (exact) mass is 240 g/mol. The SMILES string of the molecule is CCCCCN(C)CC1CCCC1NCCC. The Morgan fingerprint density at radius 3 is 2.65 bits per heavy atom. The van der Waals surface area contributed by atoms with Gasteiger partial charge in [0, 0.05) is 12.6 Å². The maximum absolute atomic E-state index is 3.73. The van der Waals surface area contributed by atoms with E-state index in [9.17, 15) is 0 Å². The lowest BCUT2D eigenvalue weighted by atomic mass is 10.0. The molecule has 1 rings (SSSR count). The minimum atomic E-state index is 0.795. The summed E-state index contributed by atoms with van der Waals surface area (Å²) in [6.07, 6.45) is 9.59. The third-order valence-corrected chi connectivity index (χ3v) is 4.01. The molecular formula is C15H32N2. The van der Waals surface area contributed by atoms with Gasteiger partial charge >= 0.3 is 0 Å². The fourth-order valence-electron chi connectivity index (χ4n) is 2.98. The molecule has 1 N–H and O–H groups in total. The van der Waals surface area contributed by atoms with Crippen LogP contribution < -0.4 is 5.32 Å². The van der Waals surface area contributed by atoms with E-state index >= 15 is 0 Å². The largest absolute Gasteiger partial charge is 0.314 e. The van der Waals surface area contributed by atoms with Crippen LogP contribution in [0.4, 0.5) is 0 Å². The van der Waals surface area contributed by atoms with Gasteiger partial charge in [-0.2, -0.15) is 0 Å². The van der Waals surface area contributed by atoms with Crippen molar-refractivity contribution in [1.29, 1.82) is 0 Å². The average Bonchev–Trinajstić information content (AvgIpc) is 2.74. The average molecular weight is 240 g/mol. The van der Waals surface area contributed by atoms with Gasteiger partial charge in [0.15, 0.2) is 0 Å². The highest BCUT2D eigenvalue weighted by atomic mass is 15.1. The molecule has 0 spiro atoms. The lowest BCUT2D eigenvalue weighted by Gasteiger charge is -2.26. The second-order valence-corrected chi connectivity index (χ2v) is 5.72. The van der Waals surface area contributed by atoms with Crippen LogP contribution in [0.2, 0.25) is 0 Å². The molecule has 0 saturated heterocycles. The number of unbranched alkanes of at least 4 members (excludes halogenated alkanes) is 2. The van der Waals surface area contributed by atoms with Crippen molar-refractivity contribution in [3.63, 3.8) is 0 Å². The molecule has 2 unspecified atom stereocenters. The Hall–Kier alpha value is -0.0800. The van der Waals surface area contributed by atoms with Crippen LogP contribution in [0.5, 0.6) is 0 Å². The van der Waals surface area contributed by atoms with Gasteiger partial charge in [-0.15, -0.1) is 0 Å². The molecule has 0 amide bonds. The summed E-state index contributed by atoms with van der Waals surface area (Å²) in [5.41, 5.74) is 0. The number of hydrogen-bond acceptors (Lipinski definition) is 2. The van der Waals surface area contributed by atoms with E-state index in [1.165, 1.54) is 64.6 Å². The quantitative estimate of drug-likeness (QED) is 0.622. The summed E-state index contributed by atoms with van der Waals surface area (Å²) in [4.78, 5) is 2.55. The van der Waals surface area contributed by atoms with Crippen LogP contribution >= 0.6 is 0 Å². The third kappa shape index (κ3) is 5.87. The third-order valence-electron chi connectivity index (χ3n) is 4.01. The minimum Gasteiger partial charge on any atom is -0.314 e. The molecule has 17 heavy (non-hydrogen) atoms. The molecule has 0 aliphatic heterocycles. The zero-order valence-electron chi connectivity index (χ0n) is 12.2. The van der Waals surface area contributed by atoms with E-state index in [0.717, 1.165) is 12.0 Å². The lowest BCUT2D eigenvalue weighted by molar-refractivity contribution is 0.247. The second-order valence-electron chi connectivity index (χ2n) is 5.72. The Bertz CT molecular complexity index is 182. The Kier molecular flexibility index (Phi) is 7.87. The summed E-state index contributed by atoms with van der Waals surface area (Å²) in [6, 6.07) is 0.795. The van der Waals surface area contributed by atoms with Gasteiger partial charge in [0.05, 0.1) is 0 Å². The summed E-state index contributed by atoms with van der Waals surface area (Å²) < 4.78 is 0. The van der Waals surface area contributed by atoms with Crippen LogP contribution in [0.3, 0.4) is 0 Å². The number of nitrogens with zero attached hydrogens (tertiary/aromatic N) is 1. The highest BCUT2D eigenvalue weighted by molar-refractivity contribution is 4.84. The first-order chi connectivity index (χ1) is 8.27. The van der Waals surface area contributed by atoms with Crippen molar-refractivity contribution in [3.05, 3.63) is 0 Å². The van der Waals surface area contributed by atoms with E-state index in [1.54, 1.807) is 0 Å². The summed E-state index contributed by atoms with van der Waals surface area (Å²) in [7, 11) is 2.30. The van der Waals surface area contributed by atoms with Crippen molar-refractivity contribution in [3.8, 4) is 0 Å². The predicted octanol–water partition coefficient (Wildman–Crippen LogP) is 3.28. The highest BCUT2D eigenvalue weighted by Crippen LogP contribution is 2.26. The standard InChI is InChI=1S/C15H32N2/c1-4-6-7-12-17(3)13-14-9-8-10-15(14)16-11-5-2/h14-16H,4-13H2,1-3H3. The van der Waals surface area contributed by atoms with Crippen LogP contribution in [0, 0.1) is 5.92 Å². The molecule has 2 atom stereocenters. The minimum absolute atomic E-state index is 0.795. The first kappa shape index (κ1) is 15.0. The van der Waals surface area contributed by atoms with E-state index in [4.69, 9.17) is 0 Å². The Morgan fingerprint density at radius 2 is 1.94 bits per heavy atom. The van der Waals surface area contributed by atoms with E-state index in [2.05, 4.69) is 31.1 Å². The van der Waals surface area contributed by atoms with Crippen molar-refractivity contribution < 1.29 is 0 Å². The highest BCUT2D eigenvalue weighted by Gasteiger charge is 2.27. The van der Waals surface area contributed by atoms with Gasteiger partial charge < -0.3 is 10.2 Å². The predicted molar refractivity (Wildman–Crippen MR) is 76.4 cm³/mol. The molecule has 1 aliphatic carbocycles. The van der Waals surface area contributed by atoms with Gasteiger partial charge in [-0.3, -0.25) is 0 Å². The van der Waals surface area contributed by atoms with Crippen molar-refractivity contribution in [2.45, 2.75) is 64.8 Å². The number of rotatable bonds is 9. The molecule has 0 aromatic rings. The van der Waals surface area contributed by atoms with Crippen LogP contribution in [0.15, 0.2) is 0 Å². The Balaban J connectivity index is 2.19. The van der Waals surface area contributed by atoms with Crippen LogP contribution in [0.1, 0.15) is 58.8 Å². The van der Waals surface area contributed by atoms with Crippen LogP contribution in [-0.2, 0) is 0 Å². The zero-order valence-corrected chi connectivity index (χ0v) is 12.2. The fourth-order valence-corrected chi connectivity index (χ4v) is 2.98. The van der Waals surface area contributed by atoms with E-state index < -0.39 is 0 Å². The summed E-state index contributed by atoms with van der Waals surface area (Å²) >= 11 is 0. The molecular weight excluding hydrogens is 208 g/mol. The second kappa shape index (κ2) is 8.93. The van der Waals surface area contributed by atoms with E-state index in [1.807, 2.05) is 0 Å². The zero-order chi connectivity index (χ0) is 12.5. The summed E-state index contributed by atoms with van der Waals surface area (Å²) in [5, 5.41) is 3.73. The van der Waals surface area contributed by atoms with Gasteiger partial charge in [-0.1, -0.05) is 33.1 Å². The molecule has 1 saturated carbocycles. The first-order valence-corrected chi connectivity index (χ1v) is 7.69. The van der Waals surface area contributed by atoms with Crippen LogP contribution in [-0.4, -0.2) is 37.6 Å². The van der Waals surface area contributed by atoms with Crippen molar-refractivity contribution in [1.82, 2.24) is 10.2 Å². The number of hydrogen-bond donors (Lipinski definition) is 1. The lowest BCUT2D eigenvalue weighted by Crippen LogP contribution is -2.38. The molecule has 0 bridgehead atoms. The Morgan fingerprint density at radius 1 is 1.12 bits per heavy atom. The van der Waals surface area contributed by atoms with Crippen molar-refractivity contribution in [2.75, 3.05) is 26.7 Å². The Labute approximate surface area is 108 Å². The number of nitrogens with one attached hydrogen (secondary N) is 1. The van der Waals surface area contributed by atoms with Gasteiger partial charge in [0.25, 0.3) is 0 Å². The molecule has 2 nitrogen and oxygen atoms in total. The van der Waals surface area contributed by atoms with E-state index in [-0.39, 0.29) is 0 Å². The van der Waals surface area contributed by atoms with Crippen molar-refractivity contribution >= 4 is 0 Å². The maximum atomic E-state index is 3.73. The smallest absolute Gasteiger partial charge is 0.0107 e. The van der Waals surface area contributed by atoms with Gasteiger partial charge in [0.1, 0.15) is 0 Å². The van der Waals surface area contributed by atoms with Gasteiger partial charge in [-0.25, -0.2) is 0 Å². The van der Waals surface area contributed by atoms with Gasteiger partial charge in [-0.05, 0) is 51.7 Å².